The fourth-order valence-electron chi connectivity index (χ4n) is 4.08. The number of carbonyl (C=O) groups excluding carboxylic acids is 2. The van der Waals surface area contributed by atoms with Crippen molar-refractivity contribution in [2.75, 3.05) is 39.9 Å². The van der Waals surface area contributed by atoms with Crippen LogP contribution in [0.3, 0.4) is 0 Å². The summed E-state index contributed by atoms with van der Waals surface area (Å²) in [5, 5.41) is 0.548. The molecule has 0 radical (unpaired) electrons. The van der Waals surface area contributed by atoms with Crippen LogP contribution in [-0.4, -0.2) is 61.5 Å². The van der Waals surface area contributed by atoms with Crippen LogP contribution in [0.1, 0.15) is 41.6 Å². The van der Waals surface area contributed by atoms with Crippen LogP contribution in [0.2, 0.25) is 5.02 Å². The largest absolute Gasteiger partial charge is 0.383 e. The van der Waals surface area contributed by atoms with E-state index < -0.39 is 0 Å². The molecule has 0 aliphatic carbocycles. The maximum absolute atomic E-state index is 12.9. The van der Waals surface area contributed by atoms with E-state index in [-0.39, 0.29) is 17.2 Å². The van der Waals surface area contributed by atoms with E-state index in [1.54, 1.807) is 13.2 Å². The Hall–Kier alpha value is -1.59. The Kier molecular flexibility index (Phi) is 5.88. The lowest BCUT2D eigenvalue weighted by atomic mass is 9.72. The molecule has 0 aromatic heterocycles. The van der Waals surface area contributed by atoms with E-state index in [1.165, 1.54) is 0 Å². The highest BCUT2D eigenvalue weighted by Gasteiger charge is 2.41. The number of benzene rings is 1. The molecule has 0 N–H and O–H groups in total. The van der Waals surface area contributed by atoms with Gasteiger partial charge in [0.2, 0.25) is 5.91 Å². The molecule has 2 aliphatic rings. The Labute approximate surface area is 160 Å². The smallest absolute Gasteiger partial charge is 0.255 e. The van der Waals surface area contributed by atoms with Crippen LogP contribution < -0.4 is 0 Å². The van der Waals surface area contributed by atoms with Gasteiger partial charge in [0, 0.05) is 39.7 Å². The van der Waals surface area contributed by atoms with E-state index >= 15 is 0 Å². The molecule has 3 rings (SSSR count). The third kappa shape index (κ3) is 3.89. The summed E-state index contributed by atoms with van der Waals surface area (Å²) in [4.78, 5) is 28.8. The average Bonchev–Trinajstić information content (AvgIpc) is 2.65. The highest BCUT2D eigenvalue weighted by Crippen LogP contribution is 2.40. The lowest BCUT2D eigenvalue weighted by molar-refractivity contribution is -0.139. The number of piperidine rings is 2. The van der Waals surface area contributed by atoms with Crippen molar-refractivity contribution in [3.8, 4) is 0 Å². The monoisotopic (exact) mass is 378 g/mol. The van der Waals surface area contributed by atoms with E-state index in [0.29, 0.717) is 30.2 Å². The zero-order valence-corrected chi connectivity index (χ0v) is 16.3. The van der Waals surface area contributed by atoms with Crippen molar-refractivity contribution in [3.05, 3.63) is 34.3 Å². The topological polar surface area (TPSA) is 49.9 Å². The van der Waals surface area contributed by atoms with Crippen LogP contribution in [0.15, 0.2) is 18.2 Å². The Balaban J connectivity index is 1.64. The van der Waals surface area contributed by atoms with Crippen molar-refractivity contribution in [3.63, 3.8) is 0 Å². The number of ether oxygens (including phenoxy) is 1. The van der Waals surface area contributed by atoms with Gasteiger partial charge in [-0.05, 0) is 43.2 Å². The molecule has 1 spiro atoms. The van der Waals surface area contributed by atoms with Gasteiger partial charge in [-0.1, -0.05) is 23.7 Å². The fraction of sp³-hybridized carbons (Fsp3) is 0.600. The second kappa shape index (κ2) is 7.97. The van der Waals surface area contributed by atoms with Gasteiger partial charge in [0.25, 0.3) is 5.91 Å². The molecule has 26 heavy (non-hydrogen) atoms. The van der Waals surface area contributed by atoms with Crippen LogP contribution in [0, 0.1) is 12.3 Å². The van der Waals surface area contributed by atoms with Crippen LogP contribution in [0.4, 0.5) is 0 Å². The minimum absolute atomic E-state index is 0.0108. The quantitative estimate of drug-likeness (QED) is 0.808. The van der Waals surface area contributed by atoms with Crippen molar-refractivity contribution < 1.29 is 14.3 Å². The number of amides is 2. The predicted octanol–water partition coefficient (Wildman–Crippen LogP) is 3.14. The van der Waals surface area contributed by atoms with Crippen LogP contribution in [-0.2, 0) is 9.53 Å². The van der Waals surface area contributed by atoms with E-state index in [1.807, 2.05) is 28.9 Å². The Morgan fingerprint density at radius 2 is 2.00 bits per heavy atom. The van der Waals surface area contributed by atoms with Gasteiger partial charge in [-0.15, -0.1) is 0 Å². The van der Waals surface area contributed by atoms with Gasteiger partial charge in [0.15, 0.2) is 0 Å². The molecule has 0 unspecified atom stereocenters. The van der Waals surface area contributed by atoms with E-state index in [2.05, 4.69) is 0 Å². The Morgan fingerprint density at radius 1 is 1.27 bits per heavy atom. The highest BCUT2D eigenvalue weighted by molar-refractivity contribution is 6.34. The SMILES string of the molecule is COCCN1CC2(CCC1=O)CCN(C(=O)c1cccc(C)c1Cl)CC2. The van der Waals surface area contributed by atoms with E-state index in [9.17, 15) is 9.59 Å². The molecule has 6 heteroatoms. The fourth-order valence-corrected chi connectivity index (χ4v) is 4.29. The van der Waals surface area contributed by atoms with Gasteiger partial charge in [-0.3, -0.25) is 9.59 Å². The number of carbonyl (C=O) groups is 2. The molecule has 0 atom stereocenters. The van der Waals surface area contributed by atoms with Gasteiger partial charge < -0.3 is 14.5 Å². The van der Waals surface area contributed by atoms with E-state index in [4.69, 9.17) is 16.3 Å². The Bertz CT molecular complexity index is 684. The molecule has 142 valence electrons. The summed E-state index contributed by atoms with van der Waals surface area (Å²) in [6.07, 6.45) is 3.38. The molecular weight excluding hydrogens is 352 g/mol. The van der Waals surface area contributed by atoms with Crippen molar-refractivity contribution in [2.24, 2.45) is 5.41 Å². The molecule has 2 aliphatic heterocycles. The number of nitrogens with zero attached hydrogens (tertiary/aromatic N) is 2. The van der Waals surface area contributed by atoms with Crippen LogP contribution >= 0.6 is 11.6 Å². The molecule has 2 fully saturated rings. The lowest BCUT2D eigenvalue weighted by Crippen LogP contribution is -2.52. The maximum atomic E-state index is 12.9. The van der Waals surface area contributed by atoms with Gasteiger partial charge in [-0.25, -0.2) is 0 Å². The zero-order chi connectivity index (χ0) is 18.7. The number of hydrogen-bond donors (Lipinski definition) is 0. The number of halogens is 1. The first-order chi connectivity index (χ1) is 12.5. The van der Waals surface area contributed by atoms with Gasteiger partial charge in [-0.2, -0.15) is 0 Å². The lowest BCUT2D eigenvalue weighted by Gasteiger charge is -2.47. The van der Waals surface area contributed by atoms with Crippen molar-refractivity contribution >= 4 is 23.4 Å². The van der Waals surface area contributed by atoms with Gasteiger partial charge >= 0.3 is 0 Å². The summed E-state index contributed by atoms with van der Waals surface area (Å²) >= 11 is 6.33. The zero-order valence-electron chi connectivity index (χ0n) is 15.6. The second-order valence-corrected chi connectivity index (χ2v) is 7.91. The third-order valence-electron chi connectivity index (χ3n) is 5.85. The minimum atomic E-state index is 0.0108. The van der Waals surface area contributed by atoms with Gasteiger partial charge in [0.05, 0.1) is 17.2 Å². The average molecular weight is 379 g/mol. The maximum Gasteiger partial charge on any atom is 0.255 e. The summed E-state index contributed by atoms with van der Waals surface area (Å²) in [5.41, 5.74) is 1.64. The first-order valence-electron chi connectivity index (χ1n) is 9.27. The summed E-state index contributed by atoms with van der Waals surface area (Å²) in [5.74, 6) is 0.231. The van der Waals surface area contributed by atoms with Crippen LogP contribution in [0.5, 0.6) is 0 Å². The molecule has 2 heterocycles. The first-order valence-corrected chi connectivity index (χ1v) is 9.65. The molecular formula is C20H27ClN2O3. The van der Waals surface area contributed by atoms with Crippen molar-refractivity contribution in [1.29, 1.82) is 0 Å². The van der Waals surface area contributed by atoms with Crippen molar-refractivity contribution in [1.82, 2.24) is 9.80 Å². The number of aryl methyl sites for hydroxylation is 1. The first kappa shape index (κ1) is 19.2. The summed E-state index contributed by atoms with van der Waals surface area (Å²) in [6, 6.07) is 5.59. The minimum Gasteiger partial charge on any atom is -0.383 e. The number of likely N-dealkylation sites (tertiary alicyclic amines) is 2. The molecule has 1 aromatic rings. The number of rotatable bonds is 4. The van der Waals surface area contributed by atoms with Crippen molar-refractivity contribution in [2.45, 2.75) is 32.6 Å². The third-order valence-corrected chi connectivity index (χ3v) is 6.35. The summed E-state index contributed by atoms with van der Waals surface area (Å²) in [6.45, 7) is 5.35. The summed E-state index contributed by atoms with van der Waals surface area (Å²) < 4.78 is 5.13. The molecule has 2 amide bonds. The predicted molar refractivity (Wildman–Crippen MR) is 101 cm³/mol. The molecule has 5 nitrogen and oxygen atoms in total. The molecule has 0 bridgehead atoms. The highest BCUT2D eigenvalue weighted by atomic mass is 35.5. The normalized spacial score (nSPS) is 19.9. The number of hydrogen-bond acceptors (Lipinski definition) is 3. The van der Waals surface area contributed by atoms with E-state index in [0.717, 1.165) is 44.5 Å². The van der Waals surface area contributed by atoms with Crippen LogP contribution in [0.25, 0.3) is 0 Å². The molecule has 1 aromatic carbocycles. The second-order valence-electron chi connectivity index (χ2n) is 7.54. The molecule has 2 saturated heterocycles. The summed E-state index contributed by atoms with van der Waals surface area (Å²) in [7, 11) is 1.66. The Morgan fingerprint density at radius 3 is 2.69 bits per heavy atom. The van der Waals surface area contributed by atoms with Gasteiger partial charge in [0.1, 0.15) is 0 Å². The molecule has 0 saturated carbocycles. The standard InChI is InChI=1S/C20H27ClN2O3/c1-15-4-3-5-16(18(15)21)19(25)22-10-8-20(9-11-22)7-6-17(24)23(14-20)12-13-26-2/h3-5H,6-14H2,1-2H3. The number of methoxy groups -OCH3 is 1.